The summed E-state index contributed by atoms with van der Waals surface area (Å²) in [6.45, 7) is 1.87. The minimum Gasteiger partial charge on any atom is -0.406 e. The molecular formula is C17H13F3N2O. The highest BCUT2D eigenvalue weighted by atomic mass is 19.4. The third-order valence-electron chi connectivity index (χ3n) is 3.22. The summed E-state index contributed by atoms with van der Waals surface area (Å²) in [4.78, 5) is 0. The van der Waals surface area contributed by atoms with E-state index in [4.69, 9.17) is 0 Å². The number of para-hydroxylation sites is 1. The maximum Gasteiger partial charge on any atom is 0.573 e. The second-order valence-corrected chi connectivity index (χ2v) is 4.99. The van der Waals surface area contributed by atoms with Crippen LogP contribution in [0.25, 0.3) is 16.9 Å². The summed E-state index contributed by atoms with van der Waals surface area (Å²) in [5.41, 5.74) is 3.25. The van der Waals surface area contributed by atoms with E-state index in [-0.39, 0.29) is 5.75 Å². The molecule has 0 saturated heterocycles. The number of hydrogen-bond acceptors (Lipinski definition) is 2. The van der Waals surface area contributed by atoms with Crippen molar-refractivity contribution in [2.45, 2.75) is 13.3 Å². The number of halogens is 3. The molecule has 3 aromatic rings. The Bertz CT molecular complexity index is 793. The molecule has 3 rings (SSSR count). The van der Waals surface area contributed by atoms with Gasteiger partial charge in [-0.15, -0.1) is 13.2 Å². The number of hydrogen-bond donors (Lipinski definition) is 0. The van der Waals surface area contributed by atoms with Gasteiger partial charge in [0.2, 0.25) is 0 Å². The second kappa shape index (κ2) is 5.79. The molecule has 2 aromatic carbocycles. The third kappa shape index (κ3) is 3.53. The molecule has 0 unspecified atom stereocenters. The Morgan fingerprint density at radius 1 is 0.957 bits per heavy atom. The van der Waals surface area contributed by atoms with E-state index in [9.17, 15) is 13.2 Å². The van der Waals surface area contributed by atoms with Crippen LogP contribution in [-0.4, -0.2) is 16.1 Å². The minimum atomic E-state index is -4.69. The van der Waals surface area contributed by atoms with Crippen LogP contribution < -0.4 is 4.74 Å². The molecule has 0 atom stereocenters. The summed E-state index contributed by atoms with van der Waals surface area (Å²) in [5.74, 6) is -0.247. The summed E-state index contributed by atoms with van der Waals surface area (Å²) in [6, 6.07) is 17.2. The first-order valence-corrected chi connectivity index (χ1v) is 6.91. The van der Waals surface area contributed by atoms with E-state index in [1.54, 1.807) is 16.8 Å². The lowest BCUT2D eigenvalue weighted by Crippen LogP contribution is -2.16. The zero-order chi connectivity index (χ0) is 16.4. The quantitative estimate of drug-likeness (QED) is 0.697. The fraction of sp³-hybridized carbons (Fsp3) is 0.118. The number of rotatable bonds is 3. The van der Waals surface area contributed by atoms with Crippen LogP contribution in [-0.2, 0) is 0 Å². The van der Waals surface area contributed by atoms with Crippen molar-refractivity contribution in [1.82, 2.24) is 9.78 Å². The van der Waals surface area contributed by atoms with Gasteiger partial charge in [-0.25, -0.2) is 4.68 Å². The molecule has 0 radical (unpaired) electrons. The van der Waals surface area contributed by atoms with E-state index >= 15 is 0 Å². The highest BCUT2D eigenvalue weighted by molar-refractivity contribution is 5.63. The SMILES string of the molecule is Cc1cc(-c2ccc(OC(F)(F)F)cc2)n(-c2ccccc2)n1. The van der Waals surface area contributed by atoms with Gasteiger partial charge in [-0.1, -0.05) is 18.2 Å². The molecule has 1 heterocycles. The van der Waals surface area contributed by atoms with Crippen LogP contribution in [0.3, 0.4) is 0 Å². The van der Waals surface area contributed by atoms with Crippen LogP contribution in [0.1, 0.15) is 5.69 Å². The Morgan fingerprint density at radius 3 is 2.22 bits per heavy atom. The molecule has 0 saturated carbocycles. The molecule has 0 spiro atoms. The van der Waals surface area contributed by atoms with Crippen LogP contribution >= 0.6 is 0 Å². The number of alkyl halides is 3. The Kier molecular flexibility index (Phi) is 3.82. The number of aromatic nitrogens is 2. The lowest BCUT2D eigenvalue weighted by molar-refractivity contribution is -0.274. The number of benzene rings is 2. The van der Waals surface area contributed by atoms with Crippen LogP contribution in [0.5, 0.6) is 5.75 Å². The number of aryl methyl sites for hydroxylation is 1. The van der Waals surface area contributed by atoms with E-state index < -0.39 is 6.36 Å². The van der Waals surface area contributed by atoms with Crippen molar-refractivity contribution < 1.29 is 17.9 Å². The molecule has 0 aliphatic rings. The molecule has 0 amide bonds. The molecule has 3 nitrogen and oxygen atoms in total. The first-order chi connectivity index (χ1) is 10.9. The van der Waals surface area contributed by atoms with E-state index in [1.807, 2.05) is 43.3 Å². The van der Waals surface area contributed by atoms with Crippen molar-refractivity contribution in [3.63, 3.8) is 0 Å². The van der Waals surface area contributed by atoms with Crippen LogP contribution in [0.15, 0.2) is 60.7 Å². The Hall–Kier alpha value is -2.76. The monoisotopic (exact) mass is 318 g/mol. The van der Waals surface area contributed by atoms with Gasteiger partial charge in [-0.2, -0.15) is 5.10 Å². The predicted molar refractivity (Wildman–Crippen MR) is 80.4 cm³/mol. The molecule has 6 heteroatoms. The van der Waals surface area contributed by atoms with E-state index in [0.29, 0.717) is 0 Å². The van der Waals surface area contributed by atoms with Gasteiger partial charge in [-0.05, 0) is 49.4 Å². The molecule has 0 aliphatic heterocycles. The van der Waals surface area contributed by atoms with E-state index in [2.05, 4.69) is 9.84 Å². The second-order valence-electron chi connectivity index (χ2n) is 4.99. The Labute approximate surface area is 130 Å². The average molecular weight is 318 g/mol. The Morgan fingerprint density at radius 2 is 1.61 bits per heavy atom. The van der Waals surface area contributed by atoms with Crippen molar-refractivity contribution in [3.05, 3.63) is 66.4 Å². The highest BCUT2D eigenvalue weighted by Crippen LogP contribution is 2.28. The number of nitrogens with zero attached hydrogens (tertiary/aromatic N) is 2. The van der Waals surface area contributed by atoms with E-state index in [1.165, 1.54) is 12.1 Å². The molecular weight excluding hydrogens is 305 g/mol. The van der Waals surface area contributed by atoms with Gasteiger partial charge < -0.3 is 4.74 Å². The van der Waals surface area contributed by atoms with Crippen molar-refractivity contribution in [1.29, 1.82) is 0 Å². The molecule has 118 valence electrons. The van der Waals surface area contributed by atoms with Crippen molar-refractivity contribution in [2.24, 2.45) is 0 Å². The summed E-state index contributed by atoms with van der Waals surface area (Å²) in [6.07, 6.45) is -4.69. The first kappa shape index (κ1) is 15.1. The third-order valence-corrected chi connectivity index (χ3v) is 3.22. The highest BCUT2D eigenvalue weighted by Gasteiger charge is 2.31. The standard InChI is InChI=1S/C17H13F3N2O/c1-12-11-16(22(21-12)14-5-3-2-4-6-14)13-7-9-15(10-8-13)23-17(18,19)20/h2-11H,1H3. The Balaban J connectivity index is 1.96. The van der Waals surface area contributed by atoms with E-state index in [0.717, 1.165) is 22.6 Å². The largest absolute Gasteiger partial charge is 0.573 e. The van der Waals surface area contributed by atoms with Crippen molar-refractivity contribution in [3.8, 4) is 22.7 Å². The topological polar surface area (TPSA) is 27.1 Å². The summed E-state index contributed by atoms with van der Waals surface area (Å²) >= 11 is 0. The molecule has 1 aromatic heterocycles. The average Bonchev–Trinajstić information content (AvgIpc) is 2.89. The first-order valence-electron chi connectivity index (χ1n) is 6.91. The van der Waals surface area contributed by atoms with Gasteiger partial charge >= 0.3 is 6.36 Å². The summed E-state index contributed by atoms with van der Waals surface area (Å²) in [5, 5.41) is 4.44. The fourth-order valence-electron chi connectivity index (χ4n) is 2.30. The van der Waals surface area contributed by atoms with Crippen molar-refractivity contribution >= 4 is 0 Å². The smallest absolute Gasteiger partial charge is 0.406 e. The minimum absolute atomic E-state index is 0.247. The normalized spacial score (nSPS) is 11.5. The maximum absolute atomic E-state index is 12.2. The van der Waals surface area contributed by atoms with Crippen molar-refractivity contribution in [2.75, 3.05) is 0 Å². The van der Waals surface area contributed by atoms with Gasteiger partial charge in [-0.3, -0.25) is 0 Å². The summed E-state index contributed by atoms with van der Waals surface area (Å²) in [7, 11) is 0. The molecule has 0 bridgehead atoms. The van der Waals surface area contributed by atoms with Crippen LogP contribution in [0.2, 0.25) is 0 Å². The van der Waals surface area contributed by atoms with Gasteiger partial charge in [0.05, 0.1) is 17.1 Å². The lowest BCUT2D eigenvalue weighted by Gasteiger charge is -2.10. The zero-order valence-electron chi connectivity index (χ0n) is 12.2. The summed E-state index contributed by atoms with van der Waals surface area (Å²) < 4.78 is 42.3. The number of ether oxygens (including phenoxy) is 1. The molecule has 0 fully saturated rings. The molecule has 0 aliphatic carbocycles. The van der Waals surface area contributed by atoms with Gasteiger partial charge in [0.1, 0.15) is 5.75 Å². The fourth-order valence-corrected chi connectivity index (χ4v) is 2.30. The maximum atomic E-state index is 12.2. The van der Waals surface area contributed by atoms with Gasteiger partial charge in [0, 0.05) is 5.56 Å². The predicted octanol–water partition coefficient (Wildman–Crippen LogP) is 4.75. The van der Waals surface area contributed by atoms with Crippen LogP contribution in [0, 0.1) is 6.92 Å². The molecule has 23 heavy (non-hydrogen) atoms. The van der Waals surface area contributed by atoms with Crippen LogP contribution in [0.4, 0.5) is 13.2 Å². The molecule has 0 N–H and O–H groups in total. The van der Waals surface area contributed by atoms with Gasteiger partial charge in [0.25, 0.3) is 0 Å². The zero-order valence-corrected chi connectivity index (χ0v) is 12.2. The lowest BCUT2D eigenvalue weighted by atomic mass is 10.1. The van der Waals surface area contributed by atoms with Gasteiger partial charge in [0.15, 0.2) is 0 Å².